The van der Waals surface area contributed by atoms with Gasteiger partial charge in [-0.15, -0.1) is 0 Å². The Morgan fingerprint density at radius 2 is 1.96 bits per heavy atom. The van der Waals surface area contributed by atoms with Gasteiger partial charge in [0.25, 0.3) is 5.91 Å². The molecule has 1 heterocycles. The van der Waals surface area contributed by atoms with Crippen LogP contribution >= 0.6 is 15.9 Å². The van der Waals surface area contributed by atoms with E-state index in [2.05, 4.69) is 31.0 Å². The van der Waals surface area contributed by atoms with Gasteiger partial charge in [0.1, 0.15) is 0 Å². The maximum Gasteiger partial charge on any atom is 0.337 e. The Morgan fingerprint density at radius 1 is 1.15 bits per heavy atom. The highest BCUT2D eigenvalue weighted by Gasteiger charge is 2.13. The Kier molecular flexibility index (Phi) is 5.18. The number of hydrogen-bond acceptors (Lipinski definition) is 4. The lowest BCUT2D eigenvalue weighted by Gasteiger charge is -2.09. The predicted molar refractivity (Wildman–Crippen MR) is 101 cm³/mol. The molecule has 0 fully saturated rings. The highest BCUT2D eigenvalue weighted by atomic mass is 79.9. The molecular formula is C19H15BrN2O4. The Labute approximate surface area is 157 Å². The molecule has 0 bridgehead atoms. The summed E-state index contributed by atoms with van der Waals surface area (Å²) in [4.78, 5) is 38.7. The second-order valence-electron chi connectivity index (χ2n) is 5.61. The summed E-state index contributed by atoms with van der Waals surface area (Å²) in [7, 11) is 1.31. The van der Waals surface area contributed by atoms with Crippen LogP contribution in [0.15, 0.2) is 57.8 Å². The predicted octanol–water partition coefficient (Wildman–Crippen LogP) is 3.01. The number of nitrogens with one attached hydrogen (secondary N) is 2. The number of aromatic amines is 1. The number of carbonyl (C=O) groups excluding carboxylic acids is 2. The minimum Gasteiger partial charge on any atom is -0.465 e. The van der Waals surface area contributed by atoms with Crippen molar-refractivity contribution in [1.29, 1.82) is 0 Å². The Bertz CT molecular complexity index is 1060. The lowest BCUT2D eigenvalue weighted by molar-refractivity contribution is 0.0600. The molecular weight excluding hydrogens is 400 g/mol. The third-order valence-corrected chi connectivity index (χ3v) is 4.34. The van der Waals surface area contributed by atoms with Gasteiger partial charge in [-0.25, -0.2) is 4.79 Å². The van der Waals surface area contributed by atoms with E-state index < -0.39 is 5.97 Å². The molecule has 0 aliphatic rings. The standard InChI is InChI=1S/C19H15BrN2O4/c1-26-19(25)12-4-2-3-11(7-12)10-21-18(24)15-9-17(23)22-16-6-5-13(20)8-14(15)16/h2-9H,10H2,1H3,(H,21,24)(H,22,23). The van der Waals surface area contributed by atoms with Crippen LogP contribution in [0.1, 0.15) is 26.3 Å². The van der Waals surface area contributed by atoms with Crippen molar-refractivity contribution in [2.45, 2.75) is 6.54 Å². The topological polar surface area (TPSA) is 88.3 Å². The number of fused-ring (bicyclic) bond motifs is 1. The number of H-pyrrole nitrogens is 1. The van der Waals surface area contributed by atoms with Crippen molar-refractivity contribution in [3.05, 3.63) is 80.0 Å². The number of hydrogen-bond donors (Lipinski definition) is 2. The number of rotatable bonds is 4. The molecule has 1 aromatic heterocycles. The fourth-order valence-corrected chi connectivity index (χ4v) is 2.98. The second kappa shape index (κ2) is 7.53. The molecule has 0 spiro atoms. The minimum absolute atomic E-state index is 0.214. The number of methoxy groups -OCH3 is 1. The molecule has 0 unspecified atom stereocenters. The summed E-state index contributed by atoms with van der Waals surface area (Å²) in [6.45, 7) is 0.214. The van der Waals surface area contributed by atoms with E-state index in [0.717, 1.165) is 10.0 Å². The van der Waals surface area contributed by atoms with Crippen LogP contribution in [0.4, 0.5) is 0 Å². The quantitative estimate of drug-likeness (QED) is 0.642. The normalized spacial score (nSPS) is 10.5. The van der Waals surface area contributed by atoms with E-state index >= 15 is 0 Å². The average molecular weight is 415 g/mol. The van der Waals surface area contributed by atoms with Crippen LogP contribution in [-0.4, -0.2) is 24.0 Å². The van der Waals surface area contributed by atoms with Gasteiger partial charge < -0.3 is 15.0 Å². The first-order valence-corrected chi connectivity index (χ1v) is 8.55. The van der Waals surface area contributed by atoms with Crippen molar-refractivity contribution in [3.8, 4) is 0 Å². The fourth-order valence-electron chi connectivity index (χ4n) is 2.62. The zero-order valence-corrected chi connectivity index (χ0v) is 15.4. The molecule has 0 saturated carbocycles. The third-order valence-electron chi connectivity index (χ3n) is 3.85. The van der Waals surface area contributed by atoms with Gasteiger partial charge in [-0.3, -0.25) is 9.59 Å². The molecule has 132 valence electrons. The van der Waals surface area contributed by atoms with Gasteiger partial charge in [-0.05, 0) is 35.9 Å². The molecule has 0 aliphatic carbocycles. The number of amides is 1. The average Bonchev–Trinajstić information content (AvgIpc) is 2.65. The number of aromatic nitrogens is 1. The smallest absolute Gasteiger partial charge is 0.337 e. The molecule has 0 radical (unpaired) electrons. The molecule has 1 amide bonds. The summed E-state index contributed by atoms with van der Waals surface area (Å²) in [6.07, 6.45) is 0. The van der Waals surface area contributed by atoms with Crippen molar-refractivity contribution in [2.24, 2.45) is 0 Å². The van der Waals surface area contributed by atoms with Crippen molar-refractivity contribution in [2.75, 3.05) is 7.11 Å². The zero-order chi connectivity index (χ0) is 18.7. The summed E-state index contributed by atoms with van der Waals surface area (Å²) in [6, 6.07) is 13.4. The Hall–Kier alpha value is -2.93. The van der Waals surface area contributed by atoms with E-state index in [0.29, 0.717) is 16.5 Å². The van der Waals surface area contributed by atoms with Gasteiger partial charge in [0, 0.05) is 28.0 Å². The number of esters is 1. The van der Waals surface area contributed by atoms with Crippen LogP contribution in [-0.2, 0) is 11.3 Å². The molecule has 26 heavy (non-hydrogen) atoms. The lowest BCUT2D eigenvalue weighted by atomic mass is 10.1. The van der Waals surface area contributed by atoms with Crippen LogP contribution in [0, 0.1) is 0 Å². The first-order valence-electron chi connectivity index (χ1n) is 7.76. The minimum atomic E-state index is -0.441. The maximum atomic E-state index is 12.6. The number of carbonyl (C=O) groups is 2. The zero-order valence-electron chi connectivity index (χ0n) is 13.8. The van der Waals surface area contributed by atoms with Crippen molar-refractivity contribution in [1.82, 2.24) is 10.3 Å². The largest absolute Gasteiger partial charge is 0.465 e. The van der Waals surface area contributed by atoms with Gasteiger partial charge in [0.2, 0.25) is 5.56 Å². The van der Waals surface area contributed by atoms with Gasteiger partial charge in [0.05, 0.1) is 18.2 Å². The highest BCUT2D eigenvalue weighted by molar-refractivity contribution is 9.10. The molecule has 2 N–H and O–H groups in total. The number of pyridine rings is 1. The Balaban J connectivity index is 1.85. The lowest BCUT2D eigenvalue weighted by Crippen LogP contribution is -2.25. The van der Waals surface area contributed by atoms with Crippen LogP contribution < -0.4 is 10.9 Å². The summed E-state index contributed by atoms with van der Waals surface area (Å²) < 4.78 is 5.49. The Morgan fingerprint density at radius 3 is 2.73 bits per heavy atom. The molecule has 0 aliphatic heterocycles. The SMILES string of the molecule is COC(=O)c1cccc(CNC(=O)c2cc(=O)[nH]c3ccc(Br)cc23)c1. The van der Waals surface area contributed by atoms with E-state index in [9.17, 15) is 14.4 Å². The van der Waals surface area contributed by atoms with Gasteiger partial charge in [-0.1, -0.05) is 28.1 Å². The summed E-state index contributed by atoms with van der Waals surface area (Å²) in [5.74, 6) is -0.814. The van der Waals surface area contributed by atoms with Gasteiger partial charge in [0.15, 0.2) is 0 Å². The fraction of sp³-hybridized carbons (Fsp3) is 0.105. The third kappa shape index (κ3) is 3.83. The monoisotopic (exact) mass is 414 g/mol. The molecule has 0 saturated heterocycles. The second-order valence-corrected chi connectivity index (χ2v) is 6.53. The van der Waals surface area contributed by atoms with E-state index in [4.69, 9.17) is 0 Å². The summed E-state index contributed by atoms with van der Waals surface area (Å²) in [5, 5.41) is 3.42. The molecule has 7 heteroatoms. The van der Waals surface area contributed by atoms with Crippen LogP contribution in [0.3, 0.4) is 0 Å². The number of benzene rings is 2. The summed E-state index contributed by atoms with van der Waals surface area (Å²) in [5.41, 5.74) is 1.67. The summed E-state index contributed by atoms with van der Waals surface area (Å²) >= 11 is 3.37. The molecule has 3 aromatic rings. The van der Waals surface area contributed by atoms with Crippen LogP contribution in [0.2, 0.25) is 0 Å². The first-order chi connectivity index (χ1) is 12.5. The highest BCUT2D eigenvalue weighted by Crippen LogP contribution is 2.20. The van der Waals surface area contributed by atoms with Gasteiger partial charge in [-0.2, -0.15) is 0 Å². The van der Waals surface area contributed by atoms with Crippen LogP contribution in [0.25, 0.3) is 10.9 Å². The first kappa shape index (κ1) is 17.9. The maximum absolute atomic E-state index is 12.6. The van der Waals surface area contributed by atoms with Crippen LogP contribution in [0.5, 0.6) is 0 Å². The van der Waals surface area contributed by atoms with Crippen molar-refractivity contribution >= 4 is 38.7 Å². The number of halogens is 1. The van der Waals surface area contributed by atoms with E-state index in [1.54, 1.807) is 42.5 Å². The van der Waals surface area contributed by atoms with Crippen molar-refractivity contribution in [3.63, 3.8) is 0 Å². The number of ether oxygens (including phenoxy) is 1. The van der Waals surface area contributed by atoms with E-state index in [-0.39, 0.29) is 23.6 Å². The van der Waals surface area contributed by atoms with E-state index in [1.807, 2.05) is 0 Å². The van der Waals surface area contributed by atoms with Crippen molar-refractivity contribution < 1.29 is 14.3 Å². The van der Waals surface area contributed by atoms with Gasteiger partial charge >= 0.3 is 5.97 Å². The molecule has 6 nitrogen and oxygen atoms in total. The molecule has 3 rings (SSSR count). The van der Waals surface area contributed by atoms with E-state index in [1.165, 1.54) is 13.2 Å². The molecule has 0 atom stereocenters. The molecule has 2 aromatic carbocycles.